The van der Waals surface area contributed by atoms with Gasteiger partial charge in [-0.05, 0) is 30.9 Å². The summed E-state index contributed by atoms with van der Waals surface area (Å²) in [5.41, 5.74) is 1.36. The van der Waals surface area contributed by atoms with Crippen molar-refractivity contribution in [3.63, 3.8) is 0 Å². The summed E-state index contributed by atoms with van der Waals surface area (Å²) < 4.78 is 14.5. The van der Waals surface area contributed by atoms with Crippen molar-refractivity contribution in [2.45, 2.75) is 37.5 Å². The van der Waals surface area contributed by atoms with Crippen molar-refractivity contribution in [2.24, 2.45) is 5.92 Å². The molecule has 1 aliphatic heterocycles. The molecule has 4 nitrogen and oxygen atoms in total. The number of piperidine rings is 1. The van der Waals surface area contributed by atoms with Crippen LogP contribution in [0.5, 0.6) is 0 Å². The fourth-order valence-electron chi connectivity index (χ4n) is 3.57. The number of carbonyl (C=O) groups excluding carboxylic acids is 2. The normalized spacial score (nSPS) is 23.8. The summed E-state index contributed by atoms with van der Waals surface area (Å²) in [7, 11) is 0. The minimum absolute atomic E-state index is 0.00759. The van der Waals surface area contributed by atoms with Crippen LogP contribution in [-0.2, 0) is 9.59 Å². The van der Waals surface area contributed by atoms with E-state index in [4.69, 9.17) is 0 Å². The predicted octanol–water partition coefficient (Wildman–Crippen LogP) is 3.12. The van der Waals surface area contributed by atoms with E-state index >= 15 is 0 Å². The molecule has 2 atom stereocenters. The summed E-state index contributed by atoms with van der Waals surface area (Å²) in [6.45, 7) is 2.50. The van der Waals surface area contributed by atoms with E-state index in [1.165, 1.54) is 24.8 Å². The van der Waals surface area contributed by atoms with Gasteiger partial charge in [0.25, 0.3) is 0 Å². The van der Waals surface area contributed by atoms with Gasteiger partial charge in [-0.25, -0.2) is 4.39 Å². The van der Waals surface area contributed by atoms with Crippen LogP contribution in [0.15, 0.2) is 35.9 Å². The molecule has 1 aliphatic carbocycles. The van der Waals surface area contributed by atoms with Crippen LogP contribution in [0.4, 0.5) is 4.39 Å². The van der Waals surface area contributed by atoms with Crippen molar-refractivity contribution in [3.8, 4) is 0 Å². The zero-order valence-corrected chi connectivity index (χ0v) is 15.7. The molecule has 3 rings (SSSR count). The third-order valence-corrected chi connectivity index (χ3v) is 6.11. The lowest BCUT2D eigenvalue weighted by molar-refractivity contribution is -0.126. The maximum atomic E-state index is 14.5. The molecule has 0 amide bonds. The van der Waals surface area contributed by atoms with Gasteiger partial charge < -0.3 is 5.11 Å². The molecule has 1 unspecified atom stereocenters. The van der Waals surface area contributed by atoms with Crippen LogP contribution in [-0.4, -0.2) is 45.9 Å². The molecule has 2 fully saturated rings. The Morgan fingerprint density at radius 2 is 2.08 bits per heavy atom. The highest BCUT2D eigenvalue weighted by atomic mass is 32.2. The van der Waals surface area contributed by atoms with E-state index in [2.05, 4.69) is 0 Å². The fourth-order valence-corrected chi connectivity index (χ4v) is 4.52. The highest BCUT2D eigenvalue weighted by Crippen LogP contribution is 2.40. The number of halogens is 1. The van der Waals surface area contributed by atoms with Crippen molar-refractivity contribution >= 4 is 22.7 Å². The van der Waals surface area contributed by atoms with Crippen LogP contribution in [0, 0.1) is 11.7 Å². The molecule has 1 aromatic carbocycles. The summed E-state index contributed by atoms with van der Waals surface area (Å²) in [6.07, 6.45) is 4.16. The zero-order valence-electron chi connectivity index (χ0n) is 14.9. The molecular weight excluding hydrogens is 353 g/mol. The zero-order chi connectivity index (χ0) is 18.7. The van der Waals surface area contributed by atoms with E-state index in [0.29, 0.717) is 25.1 Å². The van der Waals surface area contributed by atoms with Gasteiger partial charge >= 0.3 is 0 Å². The van der Waals surface area contributed by atoms with E-state index in [1.807, 2.05) is 4.90 Å². The summed E-state index contributed by atoms with van der Waals surface area (Å²) in [4.78, 5) is 26.4. The molecule has 1 heterocycles. The molecule has 140 valence electrons. The van der Waals surface area contributed by atoms with Crippen molar-refractivity contribution in [1.82, 2.24) is 4.90 Å². The minimum Gasteiger partial charge on any atom is -0.392 e. The lowest BCUT2D eigenvalue weighted by atomic mass is 9.93. The van der Waals surface area contributed by atoms with Gasteiger partial charge in [-0.2, -0.15) is 0 Å². The smallest absolute Gasteiger partial charge is 0.186 e. The number of aliphatic hydroxyl groups is 1. The number of hydrogen-bond acceptors (Lipinski definition) is 5. The lowest BCUT2D eigenvalue weighted by Gasteiger charge is -2.38. The van der Waals surface area contributed by atoms with Crippen LogP contribution < -0.4 is 0 Å². The number of hydrogen-bond donors (Lipinski definition) is 1. The van der Waals surface area contributed by atoms with Crippen LogP contribution in [0.25, 0.3) is 0 Å². The Morgan fingerprint density at radius 3 is 2.69 bits per heavy atom. The molecule has 0 spiro atoms. The van der Waals surface area contributed by atoms with Gasteiger partial charge in [0.2, 0.25) is 0 Å². The number of thioether (sulfide) groups is 1. The topological polar surface area (TPSA) is 57.6 Å². The second-order valence-electron chi connectivity index (χ2n) is 6.92. The Hall–Kier alpha value is -1.50. The van der Waals surface area contributed by atoms with Crippen molar-refractivity contribution < 1.29 is 19.1 Å². The SMILES string of the molecule is CC(=O)S[C@@H]1CCN(C(C(=O)C2CC2)c2ccccc2F)C/C1=C\CO. The predicted molar refractivity (Wildman–Crippen MR) is 100 cm³/mol. The second-order valence-corrected chi connectivity index (χ2v) is 8.30. The highest BCUT2D eigenvalue weighted by molar-refractivity contribution is 8.14. The van der Waals surface area contributed by atoms with Crippen LogP contribution in [0.3, 0.4) is 0 Å². The Morgan fingerprint density at radius 1 is 1.35 bits per heavy atom. The molecule has 1 saturated heterocycles. The van der Waals surface area contributed by atoms with Crippen molar-refractivity contribution in [3.05, 3.63) is 47.3 Å². The maximum absolute atomic E-state index is 14.5. The van der Waals surface area contributed by atoms with Gasteiger partial charge in [-0.3, -0.25) is 14.5 Å². The largest absolute Gasteiger partial charge is 0.392 e. The molecule has 0 aromatic heterocycles. The van der Waals surface area contributed by atoms with Gasteiger partial charge in [-0.15, -0.1) is 0 Å². The molecule has 0 radical (unpaired) electrons. The van der Waals surface area contributed by atoms with E-state index in [-0.39, 0.29) is 34.5 Å². The number of likely N-dealkylation sites (tertiary alicyclic amines) is 1. The first-order valence-electron chi connectivity index (χ1n) is 9.00. The molecule has 1 N–H and O–H groups in total. The van der Waals surface area contributed by atoms with Crippen molar-refractivity contribution in [1.29, 1.82) is 0 Å². The number of aliphatic hydroxyl groups excluding tert-OH is 1. The van der Waals surface area contributed by atoms with Gasteiger partial charge in [0.05, 0.1) is 12.6 Å². The van der Waals surface area contributed by atoms with Gasteiger partial charge in [0.15, 0.2) is 10.9 Å². The van der Waals surface area contributed by atoms with E-state index in [0.717, 1.165) is 18.4 Å². The first-order chi connectivity index (χ1) is 12.5. The molecule has 1 aromatic rings. The third-order valence-electron chi connectivity index (χ3n) is 4.95. The Balaban J connectivity index is 1.87. The summed E-state index contributed by atoms with van der Waals surface area (Å²) in [5, 5.41) is 9.39. The van der Waals surface area contributed by atoms with Crippen LogP contribution in [0.1, 0.15) is 37.8 Å². The number of ketones is 1. The van der Waals surface area contributed by atoms with Gasteiger partial charge in [0.1, 0.15) is 5.82 Å². The van der Waals surface area contributed by atoms with Crippen molar-refractivity contribution in [2.75, 3.05) is 19.7 Å². The van der Waals surface area contributed by atoms with Crippen LogP contribution in [0.2, 0.25) is 0 Å². The molecule has 1 saturated carbocycles. The molecule has 2 aliphatic rings. The minimum atomic E-state index is -0.603. The number of carbonyl (C=O) groups is 2. The quantitative estimate of drug-likeness (QED) is 0.772. The molecule has 6 heteroatoms. The number of nitrogens with zero attached hydrogens (tertiary/aromatic N) is 1. The van der Waals surface area contributed by atoms with E-state index in [1.54, 1.807) is 24.3 Å². The maximum Gasteiger partial charge on any atom is 0.186 e. The average molecular weight is 377 g/mol. The number of benzene rings is 1. The number of rotatable bonds is 6. The van der Waals surface area contributed by atoms with Gasteiger partial charge in [-0.1, -0.05) is 36.0 Å². The lowest BCUT2D eigenvalue weighted by Crippen LogP contribution is -2.43. The average Bonchev–Trinajstić information content (AvgIpc) is 3.44. The van der Waals surface area contributed by atoms with E-state index in [9.17, 15) is 19.1 Å². The standard InChI is InChI=1S/C20H24FNO3S/c1-13(24)26-18-8-10-22(12-15(18)9-11-23)19(20(25)14-6-7-14)16-4-2-3-5-17(16)21/h2-5,9,14,18-19,23H,6-8,10-12H2,1H3/b15-9+/t18-,19?/m1/s1. The molecule has 26 heavy (non-hydrogen) atoms. The summed E-state index contributed by atoms with van der Waals surface area (Å²) in [5.74, 6) is -0.260. The molecule has 0 bridgehead atoms. The van der Waals surface area contributed by atoms with Crippen LogP contribution >= 0.6 is 11.8 Å². The Bertz CT molecular complexity index is 717. The first kappa shape index (κ1) is 19.3. The monoisotopic (exact) mass is 377 g/mol. The van der Waals surface area contributed by atoms with Gasteiger partial charge in [0, 0.05) is 36.7 Å². The third kappa shape index (κ3) is 4.42. The highest BCUT2D eigenvalue weighted by Gasteiger charge is 2.41. The first-order valence-corrected chi connectivity index (χ1v) is 9.88. The summed E-state index contributed by atoms with van der Waals surface area (Å²) in [6, 6.07) is 5.87. The fraction of sp³-hybridized carbons (Fsp3) is 0.500. The Labute approximate surface area is 157 Å². The second kappa shape index (κ2) is 8.46. The summed E-state index contributed by atoms with van der Waals surface area (Å²) >= 11 is 1.26. The molecular formula is C20H24FNO3S. The number of Topliss-reactive ketones (excluding diaryl/α,β-unsaturated/α-hetero) is 1. The van der Waals surface area contributed by atoms with E-state index < -0.39 is 6.04 Å². The Kier molecular flexibility index (Phi) is 6.27.